The van der Waals surface area contributed by atoms with Gasteiger partial charge in [-0.2, -0.15) is 5.10 Å². The molecule has 0 amide bonds. The molecule has 0 aliphatic carbocycles. The molecule has 0 fully saturated rings. The molecule has 0 saturated carbocycles. The zero-order valence-corrected chi connectivity index (χ0v) is 29.7. The van der Waals surface area contributed by atoms with Gasteiger partial charge in [0.25, 0.3) is 0 Å². The highest BCUT2D eigenvalue weighted by Gasteiger charge is 2.17. The predicted molar refractivity (Wildman–Crippen MR) is 225 cm³/mol. The Morgan fingerprint density at radius 1 is 0.315 bits per heavy atom. The molecule has 0 unspecified atom stereocenters. The lowest BCUT2D eigenvalue weighted by Gasteiger charge is -2.25. The molecule has 54 heavy (non-hydrogen) atoms. The van der Waals surface area contributed by atoms with Crippen molar-refractivity contribution >= 4 is 17.1 Å². The summed E-state index contributed by atoms with van der Waals surface area (Å²) in [5, 5.41) is 5.10. The zero-order valence-electron chi connectivity index (χ0n) is 29.7. The lowest BCUT2D eigenvalue weighted by atomic mass is 9.89. The van der Waals surface area contributed by atoms with E-state index >= 15 is 0 Å². The fourth-order valence-corrected chi connectivity index (χ4v) is 7.26. The molecule has 0 N–H and O–H groups in total. The molecule has 256 valence electrons. The first kappa shape index (κ1) is 32.7. The molecule has 0 atom stereocenters. The van der Waals surface area contributed by atoms with Crippen molar-refractivity contribution < 1.29 is 0 Å². The molecule has 1 heterocycles. The van der Waals surface area contributed by atoms with Crippen LogP contribution in [-0.4, -0.2) is 9.78 Å². The van der Waals surface area contributed by atoms with Gasteiger partial charge in [-0.1, -0.05) is 170 Å². The number of hydrogen-bond donors (Lipinski definition) is 0. The van der Waals surface area contributed by atoms with Gasteiger partial charge in [-0.05, 0) is 88.0 Å². The van der Waals surface area contributed by atoms with E-state index in [1.165, 1.54) is 27.8 Å². The fraction of sp³-hybridized carbons (Fsp3) is 0. The summed E-state index contributed by atoms with van der Waals surface area (Å²) in [7, 11) is 0. The van der Waals surface area contributed by atoms with Crippen LogP contribution in [0, 0.1) is 0 Å². The van der Waals surface area contributed by atoms with Crippen LogP contribution in [0.2, 0.25) is 0 Å². The predicted octanol–water partition coefficient (Wildman–Crippen LogP) is 13.7. The minimum atomic E-state index is 0.946. The normalized spacial score (nSPS) is 11.0. The molecule has 9 rings (SSSR count). The molecular weight excluding hydrogens is 655 g/mol. The molecular formula is C51H37N3. The van der Waals surface area contributed by atoms with Crippen LogP contribution in [-0.2, 0) is 0 Å². The highest BCUT2D eigenvalue weighted by atomic mass is 15.3. The van der Waals surface area contributed by atoms with E-state index in [4.69, 9.17) is 5.10 Å². The SMILES string of the molecule is c1ccc(-c2cc(-c3ccccc3)n(-c3ccc(-c4ccccc4-c4ccccc4-c4ccc(N(c5ccccc5)c5ccccc5)cc4)cc3)n2)cc1. The van der Waals surface area contributed by atoms with Crippen LogP contribution in [0.1, 0.15) is 0 Å². The lowest BCUT2D eigenvalue weighted by Crippen LogP contribution is -2.09. The summed E-state index contributed by atoms with van der Waals surface area (Å²) >= 11 is 0. The van der Waals surface area contributed by atoms with Crippen LogP contribution in [0.15, 0.2) is 224 Å². The van der Waals surface area contributed by atoms with Crippen molar-refractivity contribution in [1.82, 2.24) is 9.78 Å². The van der Waals surface area contributed by atoms with Gasteiger partial charge in [-0.15, -0.1) is 0 Å². The molecule has 0 aliphatic heterocycles. The van der Waals surface area contributed by atoms with Crippen LogP contribution < -0.4 is 4.90 Å². The van der Waals surface area contributed by atoms with Crippen LogP contribution >= 0.6 is 0 Å². The maximum atomic E-state index is 5.10. The first-order valence-corrected chi connectivity index (χ1v) is 18.3. The molecule has 9 aromatic rings. The summed E-state index contributed by atoms with van der Waals surface area (Å²) in [5.74, 6) is 0. The van der Waals surface area contributed by atoms with Gasteiger partial charge in [0.15, 0.2) is 0 Å². The van der Waals surface area contributed by atoms with Gasteiger partial charge in [-0.3, -0.25) is 0 Å². The van der Waals surface area contributed by atoms with Crippen molar-refractivity contribution in [1.29, 1.82) is 0 Å². The van der Waals surface area contributed by atoms with Gasteiger partial charge < -0.3 is 4.90 Å². The Morgan fingerprint density at radius 2 is 0.704 bits per heavy atom. The second-order valence-corrected chi connectivity index (χ2v) is 13.3. The van der Waals surface area contributed by atoms with Gasteiger partial charge in [0, 0.05) is 28.2 Å². The third kappa shape index (κ3) is 6.51. The Kier molecular flexibility index (Phi) is 8.94. The monoisotopic (exact) mass is 691 g/mol. The molecule has 0 radical (unpaired) electrons. The molecule has 0 bridgehead atoms. The van der Waals surface area contributed by atoms with Gasteiger partial charge in [0.05, 0.1) is 17.1 Å². The summed E-state index contributed by atoms with van der Waals surface area (Å²) in [6.07, 6.45) is 0. The van der Waals surface area contributed by atoms with Crippen LogP contribution in [0.3, 0.4) is 0 Å². The number of hydrogen-bond acceptors (Lipinski definition) is 2. The van der Waals surface area contributed by atoms with Gasteiger partial charge in [0.2, 0.25) is 0 Å². The highest BCUT2D eigenvalue weighted by Crippen LogP contribution is 2.40. The topological polar surface area (TPSA) is 21.1 Å². The van der Waals surface area contributed by atoms with Crippen molar-refractivity contribution in [2.24, 2.45) is 0 Å². The lowest BCUT2D eigenvalue weighted by molar-refractivity contribution is 0.892. The maximum Gasteiger partial charge on any atom is 0.0934 e. The number of para-hydroxylation sites is 2. The van der Waals surface area contributed by atoms with Gasteiger partial charge in [0.1, 0.15) is 0 Å². The van der Waals surface area contributed by atoms with E-state index in [9.17, 15) is 0 Å². The Bertz CT molecular complexity index is 2570. The van der Waals surface area contributed by atoms with Crippen LogP contribution in [0.4, 0.5) is 17.1 Å². The van der Waals surface area contributed by atoms with E-state index in [1.807, 2.05) is 12.1 Å². The van der Waals surface area contributed by atoms with E-state index in [1.54, 1.807) is 0 Å². The van der Waals surface area contributed by atoms with E-state index in [2.05, 4.69) is 222 Å². The summed E-state index contributed by atoms with van der Waals surface area (Å²) in [4.78, 5) is 2.29. The van der Waals surface area contributed by atoms with E-state index < -0.39 is 0 Å². The third-order valence-corrected chi connectivity index (χ3v) is 9.88. The largest absolute Gasteiger partial charge is 0.311 e. The standard InChI is InChI=1S/C51H37N3/c1-5-17-40(18-6-1)50-37-51(41-19-7-2-8-20-41)54(52-50)45-35-31-39(32-36-45)47-26-14-16-28-49(47)48-27-15-13-25-46(48)38-29-33-44(34-30-38)53(42-21-9-3-10-22-42)43-23-11-4-12-24-43/h1-37H. The molecule has 3 nitrogen and oxygen atoms in total. The number of aromatic nitrogens is 2. The minimum Gasteiger partial charge on any atom is -0.311 e. The molecule has 0 saturated heterocycles. The fourth-order valence-electron chi connectivity index (χ4n) is 7.26. The number of benzene rings is 8. The average Bonchev–Trinajstić information content (AvgIpc) is 3.71. The Hall–Kier alpha value is -7.23. The second-order valence-electron chi connectivity index (χ2n) is 13.3. The first-order valence-electron chi connectivity index (χ1n) is 18.3. The van der Waals surface area contributed by atoms with Gasteiger partial charge >= 0.3 is 0 Å². The number of nitrogens with zero attached hydrogens (tertiary/aromatic N) is 3. The molecule has 0 aliphatic rings. The van der Waals surface area contributed by atoms with Crippen molar-refractivity contribution in [3.05, 3.63) is 224 Å². The Labute approximate surface area is 316 Å². The van der Waals surface area contributed by atoms with Crippen molar-refractivity contribution in [2.75, 3.05) is 4.90 Å². The van der Waals surface area contributed by atoms with E-state index in [0.717, 1.165) is 50.8 Å². The number of rotatable bonds is 9. The molecule has 8 aromatic carbocycles. The Morgan fingerprint density at radius 3 is 1.20 bits per heavy atom. The molecule has 1 aromatic heterocycles. The summed E-state index contributed by atoms with van der Waals surface area (Å²) < 4.78 is 2.06. The van der Waals surface area contributed by atoms with Gasteiger partial charge in [-0.25, -0.2) is 4.68 Å². The van der Waals surface area contributed by atoms with Crippen molar-refractivity contribution in [2.45, 2.75) is 0 Å². The highest BCUT2D eigenvalue weighted by molar-refractivity contribution is 5.92. The van der Waals surface area contributed by atoms with E-state index in [-0.39, 0.29) is 0 Å². The Balaban J connectivity index is 1.06. The molecule has 0 spiro atoms. The van der Waals surface area contributed by atoms with Crippen molar-refractivity contribution in [3.8, 4) is 61.6 Å². The number of anilines is 3. The third-order valence-electron chi connectivity index (χ3n) is 9.88. The first-order chi connectivity index (χ1) is 26.8. The summed E-state index contributed by atoms with van der Waals surface area (Å²) in [6.45, 7) is 0. The zero-order chi connectivity index (χ0) is 36.1. The average molecular weight is 692 g/mol. The van der Waals surface area contributed by atoms with Crippen LogP contribution in [0.25, 0.3) is 61.6 Å². The second kappa shape index (κ2) is 14.8. The molecule has 3 heteroatoms. The maximum absolute atomic E-state index is 5.10. The summed E-state index contributed by atoms with van der Waals surface area (Å²) in [6, 6.07) is 79.2. The van der Waals surface area contributed by atoms with Crippen LogP contribution in [0.5, 0.6) is 0 Å². The smallest absolute Gasteiger partial charge is 0.0934 e. The quantitative estimate of drug-likeness (QED) is 0.150. The summed E-state index contributed by atoms with van der Waals surface area (Å²) in [5.41, 5.74) is 15.7. The van der Waals surface area contributed by atoms with E-state index in [0.29, 0.717) is 0 Å². The van der Waals surface area contributed by atoms with Crippen molar-refractivity contribution in [3.63, 3.8) is 0 Å². The minimum absolute atomic E-state index is 0.946.